The van der Waals surface area contributed by atoms with Crippen molar-refractivity contribution in [2.24, 2.45) is 4.99 Å². The van der Waals surface area contributed by atoms with Gasteiger partial charge in [0.25, 0.3) is 0 Å². The molecule has 0 saturated heterocycles. The molecule has 0 bridgehead atoms. The number of nitrogens with zero attached hydrogens (tertiary/aromatic N) is 1. The van der Waals surface area contributed by atoms with E-state index >= 15 is 0 Å². The summed E-state index contributed by atoms with van der Waals surface area (Å²) in [4.78, 5) is 4.46. The van der Waals surface area contributed by atoms with Gasteiger partial charge in [-0.2, -0.15) is 0 Å². The van der Waals surface area contributed by atoms with Gasteiger partial charge in [-0.05, 0) is 40.5 Å². The van der Waals surface area contributed by atoms with E-state index in [4.69, 9.17) is 14.2 Å². The molecule has 102 valence electrons. The van der Waals surface area contributed by atoms with Crippen LogP contribution in [0, 0.1) is 0 Å². The van der Waals surface area contributed by atoms with Crippen LogP contribution in [0.3, 0.4) is 0 Å². The number of aliphatic imine (C=N–C) groups is 1. The molecular weight excluding hydrogens is 230 g/mol. The minimum atomic E-state index is -0.183. The molecule has 1 heterocycles. The van der Waals surface area contributed by atoms with Gasteiger partial charge in [-0.15, -0.1) is 0 Å². The average molecular weight is 253 g/mol. The highest BCUT2D eigenvalue weighted by Crippen LogP contribution is 2.30. The number of dihydropyridines is 1. The molecule has 0 aromatic rings. The normalized spacial score (nSPS) is 24.0. The lowest BCUT2D eigenvalue weighted by Gasteiger charge is -2.24. The quantitative estimate of drug-likeness (QED) is 0.756. The first-order valence-corrected chi connectivity index (χ1v) is 6.80. The van der Waals surface area contributed by atoms with Crippen molar-refractivity contribution in [1.82, 2.24) is 0 Å². The zero-order valence-corrected chi connectivity index (χ0v) is 11.7. The summed E-state index contributed by atoms with van der Waals surface area (Å²) in [5.74, 6) is 1.56. The van der Waals surface area contributed by atoms with Crippen LogP contribution in [-0.4, -0.2) is 30.4 Å². The molecule has 1 aliphatic heterocycles. The Morgan fingerprint density at radius 3 is 2.44 bits per heavy atom. The molecular formula is C14H23NO3. The maximum absolute atomic E-state index is 5.85. The Balaban J connectivity index is 2.01. The standard InChI is InChI=1S/C14H23NO3/c1-9(2)16-13-7-12(18-11-5-6-11)8-14(15-13)17-10(3)4/h7,9-11,14H,5-6,8H2,1-4H3. The van der Waals surface area contributed by atoms with Crippen molar-refractivity contribution in [3.63, 3.8) is 0 Å². The Hall–Kier alpha value is -1.03. The summed E-state index contributed by atoms with van der Waals surface area (Å²) in [6.07, 6.45) is 5.40. The molecule has 4 nitrogen and oxygen atoms in total. The second-order valence-electron chi connectivity index (χ2n) is 5.41. The van der Waals surface area contributed by atoms with Crippen LogP contribution in [0.4, 0.5) is 0 Å². The topological polar surface area (TPSA) is 40.0 Å². The molecule has 0 N–H and O–H groups in total. The maximum atomic E-state index is 5.85. The predicted molar refractivity (Wildman–Crippen MR) is 70.5 cm³/mol. The highest BCUT2D eigenvalue weighted by Gasteiger charge is 2.28. The number of rotatable bonds is 5. The second-order valence-corrected chi connectivity index (χ2v) is 5.41. The highest BCUT2D eigenvalue weighted by atomic mass is 16.5. The van der Waals surface area contributed by atoms with Crippen molar-refractivity contribution in [2.75, 3.05) is 0 Å². The molecule has 0 spiro atoms. The SMILES string of the molecule is CC(C)OC1=NC(OC(C)C)CC(OC2CC2)=C1. The van der Waals surface area contributed by atoms with Crippen molar-refractivity contribution in [1.29, 1.82) is 0 Å². The molecule has 1 fully saturated rings. The van der Waals surface area contributed by atoms with Gasteiger partial charge in [-0.25, -0.2) is 4.99 Å². The molecule has 1 aliphatic carbocycles. The Kier molecular flexibility index (Phi) is 4.27. The summed E-state index contributed by atoms with van der Waals surface area (Å²) in [5, 5.41) is 0. The van der Waals surface area contributed by atoms with Gasteiger partial charge in [0.05, 0.1) is 24.7 Å². The van der Waals surface area contributed by atoms with Crippen LogP contribution in [0.5, 0.6) is 0 Å². The van der Waals surface area contributed by atoms with E-state index in [1.54, 1.807) is 0 Å². The smallest absolute Gasteiger partial charge is 0.214 e. The third kappa shape index (κ3) is 4.33. The molecule has 1 unspecified atom stereocenters. The minimum absolute atomic E-state index is 0.111. The Morgan fingerprint density at radius 2 is 1.89 bits per heavy atom. The fourth-order valence-electron chi connectivity index (χ4n) is 1.77. The van der Waals surface area contributed by atoms with Crippen molar-refractivity contribution in [3.8, 4) is 0 Å². The molecule has 4 heteroatoms. The van der Waals surface area contributed by atoms with Crippen molar-refractivity contribution >= 4 is 5.90 Å². The van der Waals surface area contributed by atoms with E-state index in [0.717, 1.165) is 18.6 Å². The summed E-state index contributed by atoms with van der Waals surface area (Å²) in [5.41, 5.74) is 0. The van der Waals surface area contributed by atoms with Gasteiger partial charge in [0.15, 0.2) is 6.23 Å². The lowest BCUT2D eigenvalue weighted by atomic mass is 10.2. The molecule has 0 amide bonds. The van der Waals surface area contributed by atoms with E-state index in [9.17, 15) is 0 Å². The third-order valence-electron chi connectivity index (χ3n) is 2.56. The van der Waals surface area contributed by atoms with E-state index < -0.39 is 0 Å². The second kappa shape index (κ2) is 5.74. The van der Waals surface area contributed by atoms with Crippen LogP contribution in [-0.2, 0) is 14.2 Å². The number of hydrogen-bond donors (Lipinski definition) is 0. The van der Waals surface area contributed by atoms with Gasteiger partial charge in [0.2, 0.25) is 5.90 Å². The van der Waals surface area contributed by atoms with Crippen LogP contribution in [0.25, 0.3) is 0 Å². The van der Waals surface area contributed by atoms with Crippen molar-refractivity contribution in [3.05, 3.63) is 11.8 Å². The summed E-state index contributed by atoms with van der Waals surface area (Å²) in [6, 6.07) is 0. The lowest BCUT2D eigenvalue weighted by molar-refractivity contribution is 0.000556. The van der Waals surface area contributed by atoms with Gasteiger partial charge in [0.1, 0.15) is 5.76 Å². The molecule has 1 saturated carbocycles. The first kappa shape index (κ1) is 13.4. The van der Waals surface area contributed by atoms with E-state index in [0.29, 0.717) is 18.4 Å². The van der Waals surface area contributed by atoms with Crippen LogP contribution in [0.1, 0.15) is 47.0 Å². The first-order chi connectivity index (χ1) is 8.52. The average Bonchev–Trinajstić information content (AvgIpc) is 2.98. The fraction of sp³-hybridized carbons (Fsp3) is 0.786. The summed E-state index contributed by atoms with van der Waals surface area (Å²) < 4.78 is 17.2. The molecule has 1 atom stereocenters. The number of hydrogen-bond acceptors (Lipinski definition) is 4. The molecule has 0 aromatic heterocycles. The monoisotopic (exact) mass is 253 g/mol. The molecule has 18 heavy (non-hydrogen) atoms. The first-order valence-electron chi connectivity index (χ1n) is 6.80. The van der Waals surface area contributed by atoms with Gasteiger partial charge in [-0.1, -0.05) is 0 Å². The molecule has 0 aromatic carbocycles. The minimum Gasteiger partial charge on any atom is -0.494 e. The predicted octanol–water partition coefficient (Wildman–Crippen LogP) is 3.03. The summed E-state index contributed by atoms with van der Waals surface area (Å²) in [7, 11) is 0. The van der Waals surface area contributed by atoms with Crippen molar-refractivity contribution in [2.45, 2.75) is 71.5 Å². The van der Waals surface area contributed by atoms with Gasteiger partial charge >= 0.3 is 0 Å². The Bertz CT molecular complexity index is 343. The molecule has 2 rings (SSSR count). The van der Waals surface area contributed by atoms with E-state index in [1.165, 1.54) is 0 Å². The van der Waals surface area contributed by atoms with Gasteiger partial charge < -0.3 is 14.2 Å². The molecule has 0 radical (unpaired) electrons. The fourth-order valence-corrected chi connectivity index (χ4v) is 1.77. The Labute approximate surface area is 109 Å². The van der Waals surface area contributed by atoms with Gasteiger partial charge in [0, 0.05) is 6.08 Å². The largest absolute Gasteiger partial charge is 0.494 e. The Morgan fingerprint density at radius 1 is 1.17 bits per heavy atom. The molecule has 2 aliphatic rings. The van der Waals surface area contributed by atoms with Crippen LogP contribution in [0.2, 0.25) is 0 Å². The van der Waals surface area contributed by atoms with Crippen molar-refractivity contribution < 1.29 is 14.2 Å². The summed E-state index contributed by atoms with van der Waals surface area (Å²) >= 11 is 0. The van der Waals surface area contributed by atoms with E-state index in [2.05, 4.69) is 4.99 Å². The number of ether oxygens (including phenoxy) is 3. The van der Waals surface area contributed by atoms with Crippen LogP contribution < -0.4 is 0 Å². The zero-order valence-electron chi connectivity index (χ0n) is 11.7. The third-order valence-corrected chi connectivity index (χ3v) is 2.56. The zero-order chi connectivity index (χ0) is 13.1. The van der Waals surface area contributed by atoms with Crippen LogP contribution >= 0.6 is 0 Å². The summed E-state index contributed by atoms with van der Waals surface area (Å²) in [6.45, 7) is 8.01. The van der Waals surface area contributed by atoms with E-state index in [1.807, 2.05) is 33.8 Å². The highest BCUT2D eigenvalue weighted by molar-refractivity contribution is 5.89. The van der Waals surface area contributed by atoms with Gasteiger partial charge in [-0.3, -0.25) is 0 Å². The van der Waals surface area contributed by atoms with Crippen LogP contribution in [0.15, 0.2) is 16.8 Å². The van der Waals surface area contributed by atoms with E-state index in [-0.39, 0.29) is 18.4 Å². The lowest BCUT2D eigenvalue weighted by Crippen LogP contribution is -2.24. The maximum Gasteiger partial charge on any atom is 0.214 e.